The molecule has 0 N–H and O–H groups in total. The topological polar surface area (TPSA) is 39.3 Å². The highest BCUT2D eigenvalue weighted by Crippen LogP contribution is 2.39. The molecule has 8 aromatic rings. The number of para-hydroxylation sites is 2. The second-order valence-electron chi connectivity index (χ2n) is 16.3. The fourth-order valence-electron chi connectivity index (χ4n) is 8.97. The van der Waals surface area contributed by atoms with E-state index >= 15 is 0 Å². The number of benzene rings is 6. The SMILES string of the molecule is C=C/C(=C(/CCC(C)c1ccccc1)N=C(C(C)CC)n1c2ccccc2c2cc(-c3ccc4c(c3)c(C=C)c(/C=C\C)n4-c3ccccc3)ccc21)c1ccccc1C(C)=O. The summed E-state index contributed by atoms with van der Waals surface area (Å²) >= 11 is 0. The van der Waals surface area contributed by atoms with Gasteiger partial charge in [0.05, 0.1) is 27.9 Å². The number of hydrogen-bond donors (Lipinski definition) is 0. The Morgan fingerprint density at radius 1 is 0.710 bits per heavy atom. The number of fused-ring (bicyclic) bond motifs is 4. The van der Waals surface area contributed by atoms with Gasteiger partial charge in [0, 0.05) is 44.5 Å². The zero-order chi connectivity index (χ0) is 43.3. The molecule has 2 atom stereocenters. The van der Waals surface area contributed by atoms with Gasteiger partial charge in [-0.25, -0.2) is 4.99 Å². The van der Waals surface area contributed by atoms with Gasteiger partial charge in [0.1, 0.15) is 5.84 Å². The Balaban J connectivity index is 1.32. The molecule has 4 nitrogen and oxygen atoms in total. The van der Waals surface area contributed by atoms with Crippen LogP contribution in [0.15, 0.2) is 182 Å². The highest BCUT2D eigenvalue weighted by molar-refractivity contribution is 6.16. The Kier molecular flexibility index (Phi) is 12.3. The molecule has 8 rings (SSSR count). The second-order valence-corrected chi connectivity index (χ2v) is 16.3. The Labute approximate surface area is 366 Å². The lowest BCUT2D eigenvalue weighted by Gasteiger charge is -2.21. The van der Waals surface area contributed by atoms with Crippen LogP contribution in [0.1, 0.15) is 92.5 Å². The van der Waals surface area contributed by atoms with Crippen LogP contribution in [-0.2, 0) is 0 Å². The van der Waals surface area contributed by atoms with Gasteiger partial charge in [-0.3, -0.25) is 9.36 Å². The van der Waals surface area contributed by atoms with Gasteiger partial charge < -0.3 is 4.57 Å². The largest absolute Gasteiger partial charge is 0.309 e. The molecule has 2 aromatic heterocycles. The van der Waals surface area contributed by atoms with Crippen molar-refractivity contribution in [2.75, 3.05) is 0 Å². The van der Waals surface area contributed by atoms with Crippen LogP contribution in [0.2, 0.25) is 0 Å². The number of hydrogen-bond acceptors (Lipinski definition) is 2. The van der Waals surface area contributed by atoms with Crippen molar-refractivity contribution in [2.45, 2.75) is 59.8 Å². The van der Waals surface area contributed by atoms with Gasteiger partial charge in [0.15, 0.2) is 5.78 Å². The summed E-state index contributed by atoms with van der Waals surface area (Å²) < 4.78 is 4.70. The van der Waals surface area contributed by atoms with Crippen LogP contribution in [0.25, 0.3) is 67.2 Å². The number of allylic oxidation sites excluding steroid dienone is 4. The number of rotatable bonds is 14. The van der Waals surface area contributed by atoms with Crippen molar-refractivity contribution in [3.05, 3.63) is 205 Å². The Morgan fingerprint density at radius 2 is 1.32 bits per heavy atom. The lowest BCUT2D eigenvalue weighted by molar-refractivity contribution is 0.101. The normalized spacial score (nSPS) is 13.5. The van der Waals surface area contributed by atoms with Crippen LogP contribution in [0.3, 0.4) is 0 Å². The minimum Gasteiger partial charge on any atom is -0.309 e. The average molecular weight is 810 g/mol. The first-order valence-corrected chi connectivity index (χ1v) is 21.9. The standard InChI is InChI=1S/C58H55N3O/c1-8-22-54-47(11-4)51-37-43(32-35-56(51)60(54)45-25-16-13-17-26-45)44-33-36-57-52(38-44)50-29-20-21-30-55(50)61(57)58(39(5)9-2)59-53(34-31-40(6)42-23-14-12-15-24-42)46(10-3)49-28-19-18-27-48(49)41(7)62/h8,10-30,32-33,35-40H,3-4,9,31,34H2,1-2,5-7H3/b22-8-,53-46+,59-58?. The molecular formula is C58H55N3O. The predicted octanol–water partition coefficient (Wildman–Crippen LogP) is 15.8. The molecule has 0 saturated heterocycles. The van der Waals surface area contributed by atoms with Gasteiger partial charge in [-0.05, 0) is 110 Å². The van der Waals surface area contributed by atoms with Crippen LogP contribution in [0.4, 0.5) is 0 Å². The van der Waals surface area contributed by atoms with Gasteiger partial charge >= 0.3 is 0 Å². The lowest BCUT2D eigenvalue weighted by Crippen LogP contribution is -2.21. The molecule has 2 unspecified atom stereocenters. The van der Waals surface area contributed by atoms with Gasteiger partial charge in [0.2, 0.25) is 0 Å². The van der Waals surface area contributed by atoms with Crippen LogP contribution < -0.4 is 0 Å². The first kappa shape index (κ1) is 41.7. The maximum absolute atomic E-state index is 13.0. The maximum Gasteiger partial charge on any atom is 0.160 e. The molecule has 4 heteroatoms. The fraction of sp³-hybridized carbons (Fsp3) is 0.172. The zero-order valence-electron chi connectivity index (χ0n) is 36.6. The molecule has 0 amide bonds. The summed E-state index contributed by atoms with van der Waals surface area (Å²) in [6.45, 7) is 19.1. The highest BCUT2D eigenvalue weighted by Gasteiger charge is 2.23. The third-order valence-electron chi connectivity index (χ3n) is 12.4. The van der Waals surface area contributed by atoms with Crippen LogP contribution in [0, 0.1) is 5.92 Å². The third kappa shape index (κ3) is 7.85. The van der Waals surface area contributed by atoms with Crippen LogP contribution in [0.5, 0.6) is 0 Å². The van der Waals surface area contributed by atoms with E-state index in [2.05, 4.69) is 183 Å². The van der Waals surface area contributed by atoms with Gasteiger partial charge in [-0.15, -0.1) is 0 Å². The van der Waals surface area contributed by atoms with Crippen molar-refractivity contribution in [1.29, 1.82) is 0 Å². The summed E-state index contributed by atoms with van der Waals surface area (Å²) in [6.07, 6.45) is 10.6. The number of nitrogens with zero attached hydrogens (tertiary/aromatic N) is 3. The molecule has 0 radical (unpaired) electrons. The number of aromatic nitrogens is 2. The number of carbonyl (C=O) groups excluding carboxylic acids is 1. The van der Waals surface area contributed by atoms with E-state index in [0.29, 0.717) is 17.9 Å². The minimum absolute atomic E-state index is 0.0214. The Morgan fingerprint density at radius 3 is 1.98 bits per heavy atom. The van der Waals surface area contributed by atoms with Gasteiger partial charge in [-0.1, -0.05) is 155 Å². The average Bonchev–Trinajstić information content (AvgIpc) is 3.81. The van der Waals surface area contributed by atoms with Crippen molar-refractivity contribution >= 4 is 62.1 Å². The van der Waals surface area contributed by atoms with Crippen molar-refractivity contribution in [2.24, 2.45) is 10.9 Å². The summed E-state index contributed by atoms with van der Waals surface area (Å²) in [5.74, 6) is 1.42. The summed E-state index contributed by atoms with van der Waals surface area (Å²) in [5.41, 5.74) is 13.7. The highest BCUT2D eigenvalue weighted by atomic mass is 16.1. The van der Waals surface area contributed by atoms with E-state index in [1.165, 1.54) is 16.3 Å². The molecule has 0 aliphatic carbocycles. The Bertz CT molecular complexity index is 3040. The van der Waals surface area contributed by atoms with E-state index in [9.17, 15) is 4.79 Å². The minimum atomic E-state index is 0.0214. The molecule has 0 aliphatic heterocycles. The third-order valence-corrected chi connectivity index (χ3v) is 12.4. The van der Waals surface area contributed by atoms with Crippen LogP contribution in [-0.4, -0.2) is 20.8 Å². The van der Waals surface area contributed by atoms with E-state index in [1.54, 1.807) is 6.92 Å². The number of Topliss-reactive ketones (excluding diaryl/α,β-unsaturated/α-hetero) is 1. The maximum atomic E-state index is 13.0. The molecule has 0 aliphatic rings. The van der Waals surface area contributed by atoms with E-state index < -0.39 is 0 Å². The molecule has 0 fully saturated rings. The Hall–Kier alpha value is -7.04. The monoisotopic (exact) mass is 809 g/mol. The molecule has 6 aromatic carbocycles. The summed E-state index contributed by atoms with van der Waals surface area (Å²) in [5, 5.41) is 3.50. The summed E-state index contributed by atoms with van der Waals surface area (Å²) in [7, 11) is 0. The molecule has 0 bridgehead atoms. The van der Waals surface area contributed by atoms with Crippen molar-refractivity contribution < 1.29 is 4.79 Å². The van der Waals surface area contributed by atoms with E-state index in [4.69, 9.17) is 4.99 Å². The second kappa shape index (κ2) is 18.3. The molecular weight excluding hydrogens is 755 g/mol. The molecule has 0 saturated carbocycles. The van der Waals surface area contributed by atoms with Crippen molar-refractivity contribution in [1.82, 2.24) is 9.13 Å². The van der Waals surface area contributed by atoms with Crippen molar-refractivity contribution in [3.63, 3.8) is 0 Å². The number of carbonyl (C=O) groups is 1. The zero-order valence-corrected chi connectivity index (χ0v) is 36.6. The number of aliphatic imine (C=N–C) groups is 1. The quantitative estimate of drug-likeness (QED) is 0.0467. The van der Waals surface area contributed by atoms with E-state index in [-0.39, 0.29) is 11.7 Å². The van der Waals surface area contributed by atoms with Crippen molar-refractivity contribution in [3.8, 4) is 16.8 Å². The molecule has 308 valence electrons. The molecule has 2 heterocycles. The smallest absolute Gasteiger partial charge is 0.160 e. The van der Waals surface area contributed by atoms with Gasteiger partial charge in [0.25, 0.3) is 0 Å². The first-order chi connectivity index (χ1) is 30.3. The first-order valence-electron chi connectivity index (χ1n) is 21.9. The van der Waals surface area contributed by atoms with Crippen LogP contribution >= 0.6 is 0 Å². The fourth-order valence-corrected chi connectivity index (χ4v) is 8.97. The molecule has 62 heavy (non-hydrogen) atoms. The summed E-state index contributed by atoms with van der Waals surface area (Å²) in [4.78, 5) is 18.8. The predicted molar refractivity (Wildman–Crippen MR) is 266 cm³/mol. The number of ketones is 1. The summed E-state index contributed by atoms with van der Waals surface area (Å²) in [6, 6.07) is 51.4. The lowest BCUT2D eigenvalue weighted by atomic mass is 9.91. The van der Waals surface area contributed by atoms with Gasteiger partial charge in [-0.2, -0.15) is 0 Å². The van der Waals surface area contributed by atoms with E-state index in [1.807, 2.05) is 36.4 Å². The molecule has 0 spiro atoms. The van der Waals surface area contributed by atoms with E-state index in [0.717, 1.165) is 85.5 Å².